The second kappa shape index (κ2) is 12.8. The average molecular weight is 535 g/mol. The van der Waals surface area contributed by atoms with Crippen molar-refractivity contribution in [1.29, 1.82) is 0 Å². The molecule has 0 aliphatic carbocycles. The number of esters is 1. The van der Waals surface area contributed by atoms with Gasteiger partial charge in [0.2, 0.25) is 5.89 Å². The van der Waals surface area contributed by atoms with Crippen molar-refractivity contribution in [1.82, 2.24) is 4.98 Å². The number of oxime groups is 1. The molecule has 0 aliphatic rings. The van der Waals surface area contributed by atoms with Crippen molar-refractivity contribution in [2.75, 3.05) is 7.11 Å². The van der Waals surface area contributed by atoms with E-state index in [1.54, 1.807) is 0 Å². The van der Waals surface area contributed by atoms with E-state index in [1.165, 1.54) is 7.11 Å². The van der Waals surface area contributed by atoms with E-state index < -0.39 is 0 Å². The first-order chi connectivity index (χ1) is 19.6. The Bertz CT molecular complexity index is 1610. The number of rotatable bonds is 11. The van der Waals surface area contributed by atoms with Crippen molar-refractivity contribution in [3.8, 4) is 17.2 Å². The molecule has 0 atom stereocenters. The van der Waals surface area contributed by atoms with Crippen LogP contribution in [0.2, 0.25) is 0 Å². The van der Waals surface area contributed by atoms with Crippen LogP contribution < -0.4 is 4.74 Å². The van der Waals surface area contributed by atoms with Gasteiger partial charge in [-0.25, -0.2) is 4.98 Å². The Balaban J connectivity index is 1.22. The Kier molecular flexibility index (Phi) is 8.51. The number of fused-ring (bicyclic) bond motifs is 1. The maximum Gasteiger partial charge on any atom is 0.305 e. The predicted molar refractivity (Wildman–Crippen MR) is 154 cm³/mol. The Morgan fingerprint density at radius 1 is 0.850 bits per heavy atom. The summed E-state index contributed by atoms with van der Waals surface area (Å²) >= 11 is 0. The molecule has 7 nitrogen and oxygen atoms in total. The van der Waals surface area contributed by atoms with Crippen molar-refractivity contribution in [3.05, 3.63) is 120 Å². The molecule has 0 saturated heterocycles. The zero-order chi connectivity index (χ0) is 27.7. The average Bonchev–Trinajstić information content (AvgIpc) is 3.38. The molecule has 40 heavy (non-hydrogen) atoms. The standard InChI is InChI=1S/C33H30N2O5/c1-23-31(34-33(40-23)26-11-7-4-8-12-26)22-38-29-16-15-27-19-24(13-14-28(27)20-29)21-39-35-30(17-18-32(36)37-2)25-9-5-3-6-10-25/h3-16,19-20H,17-18,21-22H2,1-2H3. The molecular formula is C33H30N2O5. The van der Waals surface area contributed by atoms with Crippen LogP contribution >= 0.6 is 0 Å². The Morgan fingerprint density at radius 2 is 1.57 bits per heavy atom. The summed E-state index contributed by atoms with van der Waals surface area (Å²) in [6.45, 7) is 2.52. The third kappa shape index (κ3) is 6.74. The molecule has 7 heteroatoms. The fourth-order valence-corrected chi connectivity index (χ4v) is 4.25. The molecular weight excluding hydrogens is 504 g/mol. The quantitative estimate of drug-likeness (QED) is 0.101. The van der Waals surface area contributed by atoms with Gasteiger partial charge in [-0.2, -0.15) is 0 Å². The van der Waals surface area contributed by atoms with E-state index in [2.05, 4.69) is 16.2 Å². The maximum absolute atomic E-state index is 11.6. The highest BCUT2D eigenvalue weighted by Crippen LogP contribution is 2.25. The van der Waals surface area contributed by atoms with Crippen LogP contribution in [0.25, 0.3) is 22.2 Å². The third-order valence-electron chi connectivity index (χ3n) is 6.47. The van der Waals surface area contributed by atoms with E-state index >= 15 is 0 Å². The second-order valence-corrected chi connectivity index (χ2v) is 9.27. The van der Waals surface area contributed by atoms with Crippen molar-refractivity contribution < 1.29 is 23.5 Å². The monoisotopic (exact) mass is 534 g/mol. The highest BCUT2D eigenvalue weighted by Gasteiger charge is 2.12. The van der Waals surface area contributed by atoms with Gasteiger partial charge in [0.15, 0.2) is 0 Å². The summed E-state index contributed by atoms with van der Waals surface area (Å²) < 4.78 is 16.7. The lowest BCUT2D eigenvalue weighted by atomic mass is 10.1. The maximum atomic E-state index is 11.6. The molecule has 5 aromatic rings. The summed E-state index contributed by atoms with van der Waals surface area (Å²) in [5.41, 5.74) is 4.30. The number of benzene rings is 4. The van der Waals surface area contributed by atoms with Crippen LogP contribution in [-0.4, -0.2) is 23.8 Å². The fraction of sp³-hybridized carbons (Fsp3) is 0.182. The minimum Gasteiger partial charge on any atom is -0.487 e. The first-order valence-corrected chi connectivity index (χ1v) is 13.1. The number of carbonyl (C=O) groups is 1. The summed E-state index contributed by atoms with van der Waals surface area (Å²) in [5.74, 6) is 1.80. The summed E-state index contributed by atoms with van der Waals surface area (Å²) in [5, 5.41) is 6.46. The number of ether oxygens (including phenoxy) is 2. The van der Waals surface area contributed by atoms with Crippen LogP contribution in [0.5, 0.6) is 5.75 Å². The molecule has 1 heterocycles. The second-order valence-electron chi connectivity index (χ2n) is 9.27. The lowest BCUT2D eigenvalue weighted by molar-refractivity contribution is -0.140. The van der Waals surface area contributed by atoms with E-state index in [0.29, 0.717) is 31.2 Å². The number of aromatic nitrogens is 1. The van der Waals surface area contributed by atoms with E-state index in [9.17, 15) is 4.79 Å². The summed E-state index contributed by atoms with van der Waals surface area (Å²) in [6.07, 6.45) is 0.664. The normalized spacial score (nSPS) is 11.4. The Morgan fingerprint density at radius 3 is 2.35 bits per heavy atom. The minimum atomic E-state index is -0.283. The van der Waals surface area contributed by atoms with E-state index in [-0.39, 0.29) is 12.4 Å². The van der Waals surface area contributed by atoms with E-state index in [4.69, 9.17) is 18.7 Å². The van der Waals surface area contributed by atoms with Crippen LogP contribution in [0.4, 0.5) is 0 Å². The molecule has 0 saturated carbocycles. The van der Waals surface area contributed by atoms with Crippen molar-refractivity contribution in [2.24, 2.45) is 5.16 Å². The van der Waals surface area contributed by atoms with Gasteiger partial charge in [-0.1, -0.05) is 71.9 Å². The molecule has 1 aromatic heterocycles. The van der Waals surface area contributed by atoms with Crippen molar-refractivity contribution in [3.63, 3.8) is 0 Å². The molecule has 0 radical (unpaired) electrons. The summed E-state index contributed by atoms with van der Waals surface area (Å²) in [6, 6.07) is 31.6. The lowest BCUT2D eigenvalue weighted by Crippen LogP contribution is -2.08. The van der Waals surface area contributed by atoms with Gasteiger partial charge >= 0.3 is 5.97 Å². The van der Waals surface area contributed by atoms with Crippen LogP contribution in [-0.2, 0) is 27.6 Å². The van der Waals surface area contributed by atoms with E-state index in [1.807, 2.05) is 97.9 Å². The lowest BCUT2D eigenvalue weighted by Gasteiger charge is -2.09. The van der Waals surface area contributed by atoms with Gasteiger partial charge in [0, 0.05) is 12.0 Å². The van der Waals surface area contributed by atoms with Gasteiger partial charge in [0.05, 0.1) is 19.2 Å². The van der Waals surface area contributed by atoms with Crippen LogP contribution in [0.3, 0.4) is 0 Å². The Labute approximate surface area is 233 Å². The highest BCUT2D eigenvalue weighted by atomic mass is 16.6. The zero-order valence-corrected chi connectivity index (χ0v) is 22.5. The smallest absolute Gasteiger partial charge is 0.305 e. The number of aryl methyl sites for hydroxylation is 1. The van der Waals surface area contributed by atoms with Gasteiger partial charge in [-0.15, -0.1) is 0 Å². The fourth-order valence-electron chi connectivity index (χ4n) is 4.25. The molecule has 0 aliphatic heterocycles. The summed E-state index contributed by atoms with van der Waals surface area (Å²) in [7, 11) is 1.38. The molecule has 202 valence electrons. The van der Waals surface area contributed by atoms with Crippen molar-refractivity contribution >= 4 is 22.5 Å². The minimum absolute atomic E-state index is 0.235. The first-order valence-electron chi connectivity index (χ1n) is 13.1. The van der Waals surface area contributed by atoms with Crippen molar-refractivity contribution in [2.45, 2.75) is 33.0 Å². The molecule has 0 fully saturated rings. The van der Waals surface area contributed by atoms with Gasteiger partial charge in [-0.05, 0) is 59.2 Å². The predicted octanol–water partition coefficient (Wildman–Crippen LogP) is 7.26. The van der Waals surface area contributed by atoms with Gasteiger partial charge in [0.1, 0.15) is 30.4 Å². The zero-order valence-electron chi connectivity index (χ0n) is 22.5. The number of oxazole rings is 1. The first kappa shape index (κ1) is 26.7. The molecule has 0 unspecified atom stereocenters. The third-order valence-corrected chi connectivity index (χ3v) is 6.47. The van der Waals surface area contributed by atoms with Crippen LogP contribution in [0, 0.1) is 6.92 Å². The molecule has 4 aromatic carbocycles. The number of hydrogen-bond acceptors (Lipinski definition) is 7. The molecule has 5 rings (SSSR count). The molecule has 0 amide bonds. The number of nitrogens with zero attached hydrogens (tertiary/aromatic N) is 2. The summed E-state index contributed by atoms with van der Waals surface area (Å²) in [4.78, 5) is 22.0. The molecule has 0 N–H and O–H groups in total. The SMILES string of the molecule is COC(=O)CCC(=NOCc1ccc2cc(OCc3nc(-c4ccccc4)oc3C)ccc2c1)c1ccccc1. The van der Waals surface area contributed by atoms with Gasteiger partial charge < -0.3 is 18.7 Å². The number of carbonyl (C=O) groups excluding carboxylic acids is 1. The van der Waals surface area contributed by atoms with Gasteiger partial charge in [0.25, 0.3) is 0 Å². The topological polar surface area (TPSA) is 83.2 Å². The van der Waals surface area contributed by atoms with E-state index in [0.717, 1.165) is 44.7 Å². The van der Waals surface area contributed by atoms with Gasteiger partial charge in [-0.3, -0.25) is 4.79 Å². The molecule has 0 bridgehead atoms. The number of methoxy groups -OCH3 is 1. The van der Waals surface area contributed by atoms with Crippen LogP contribution in [0.1, 0.15) is 35.4 Å². The Hall–Kier alpha value is -4.91. The number of hydrogen-bond donors (Lipinski definition) is 0. The largest absolute Gasteiger partial charge is 0.487 e. The van der Waals surface area contributed by atoms with Crippen LogP contribution in [0.15, 0.2) is 107 Å². The molecule has 0 spiro atoms. The highest BCUT2D eigenvalue weighted by molar-refractivity contribution is 6.01.